The van der Waals surface area contributed by atoms with E-state index in [4.69, 9.17) is 14.2 Å². The van der Waals surface area contributed by atoms with Gasteiger partial charge in [0.15, 0.2) is 6.10 Å². The van der Waals surface area contributed by atoms with Crippen molar-refractivity contribution in [2.45, 2.75) is 239 Å². The Balaban J connectivity index is 4.28. The van der Waals surface area contributed by atoms with Crippen molar-refractivity contribution >= 4 is 17.9 Å². The summed E-state index contributed by atoms with van der Waals surface area (Å²) in [6.45, 7) is 6.53. The lowest BCUT2D eigenvalue weighted by atomic mass is 10.0. The molecule has 0 N–H and O–H groups in total. The molecule has 0 saturated heterocycles. The van der Waals surface area contributed by atoms with Crippen molar-refractivity contribution in [1.82, 2.24) is 0 Å². The number of hydrogen-bond donors (Lipinski definition) is 0. The van der Waals surface area contributed by atoms with Gasteiger partial charge in [-0.2, -0.15) is 0 Å². The zero-order chi connectivity index (χ0) is 38.0. The average molecular weight is 733 g/mol. The van der Waals surface area contributed by atoms with Crippen LogP contribution >= 0.6 is 0 Å². The Morgan fingerprint density at radius 2 is 0.712 bits per heavy atom. The van der Waals surface area contributed by atoms with Gasteiger partial charge in [0.1, 0.15) is 13.2 Å². The van der Waals surface area contributed by atoms with E-state index in [-0.39, 0.29) is 31.1 Å². The highest BCUT2D eigenvalue weighted by atomic mass is 16.6. The molecule has 0 aliphatic carbocycles. The number of unbranched alkanes of at least 4 members (excludes halogenated alkanes) is 25. The Morgan fingerprint density at radius 3 is 1.12 bits per heavy atom. The molecule has 6 heteroatoms. The normalized spacial score (nSPS) is 12.1. The predicted octanol–water partition coefficient (Wildman–Crippen LogP) is 14.0. The van der Waals surface area contributed by atoms with Crippen LogP contribution in [0.4, 0.5) is 0 Å². The molecule has 0 bridgehead atoms. The maximum atomic E-state index is 12.7. The monoisotopic (exact) mass is 733 g/mol. The molecule has 0 aliphatic heterocycles. The first-order chi connectivity index (χ1) is 25.5. The zero-order valence-corrected chi connectivity index (χ0v) is 34.6. The van der Waals surface area contributed by atoms with Gasteiger partial charge < -0.3 is 14.2 Å². The van der Waals surface area contributed by atoms with Gasteiger partial charge in [0, 0.05) is 19.3 Å². The molecule has 0 aromatic heterocycles. The number of ether oxygens (including phenoxy) is 3. The molecule has 0 radical (unpaired) electrons. The Kier molecular flexibility index (Phi) is 40.0. The average Bonchev–Trinajstić information content (AvgIpc) is 3.14. The highest BCUT2D eigenvalue weighted by Crippen LogP contribution is 2.15. The second-order valence-electron chi connectivity index (χ2n) is 15.0. The molecule has 0 fully saturated rings. The summed E-state index contributed by atoms with van der Waals surface area (Å²) in [6.07, 6.45) is 44.6. The van der Waals surface area contributed by atoms with Gasteiger partial charge in [-0.3, -0.25) is 14.4 Å². The summed E-state index contributed by atoms with van der Waals surface area (Å²) in [5, 5.41) is 0. The van der Waals surface area contributed by atoms with Gasteiger partial charge in [-0.05, 0) is 44.9 Å². The van der Waals surface area contributed by atoms with E-state index < -0.39 is 6.10 Å². The highest BCUT2D eigenvalue weighted by Gasteiger charge is 2.19. The lowest BCUT2D eigenvalue weighted by Gasteiger charge is -2.18. The van der Waals surface area contributed by atoms with Crippen LogP contribution in [0, 0.1) is 0 Å². The molecular formula is C46H84O6. The fraction of sp³-hybridized carbons (Fsp3) is 0.848. The quantitative estimate of drug-likeness (QED) is 0.0270. The summed E-state index contributed by atoms with van der Waals surface area (Å²) in [7, 11) is 0. The minimum Gasteiger partial charge on any atom is -0.462 e. The lowest BCUT2D eigenvalue weighted by molar-refractivity contribution is -0.167. The summed E-state index contributed by atoms with van der Waals surface area (Å²) in [5.41, 5.74) is 0. The number of carbonyl (C=O) groups is 3. The molecule has 1 atom stereocenters. The maximum Gasteiger partial charge on any atom is 0.306 e. The fourth-order valence-electron chi connectivity index (χ4n) is 6.28. The van der Waals surface area contributed by atoms with E-state index in [1.165, 1.54) is 116 Å². The molecule has 0 aliphatic rings. The van der Waals surface area contributed by atoms with E-state index in [0.717, 1.165) is 77.0 Å². The highest BCUT2D eigenvalue weighted by molar-refractivity contribution is 5.71. The molecular weight excluding hydrogens is 648 g/mol. The van der Waals surface area contributed by atoms with Crippen LogP contribution in [0.2, 0.25) is 0 Å². The molecule has 304 valence electrons. The summed E-state index contributed by atoms with van der Waals surface area (Å²) < 4.78 is 16.6. The number of esters is 3. The van der Waals surface area contributed by atoms with E-state index in [1.54, 1.807) is 0 Å². The van der Waals surface area contributed by atoms with Crippen molar-refractivity contribution < 1.29 is 28.6 Å². The second kappa shape index (κ2) is 41.6. The molecule has 0 saturated carbocycles. The van der Waals surface area contributed by atoms with Crippen molar-refractivity contribution in [3.8, 4) is 0 Å². The topological polar surface area (TPSA) is 78.9 Å². The van der Waals surface area contributed by atoms with Crippen LogP contribution in [0.3, 0.4) is 0 Å². The third-order valence-electron chi connectivity index (χ3n) is 9.71. The van der Waals surface area contributed by atoms with Crippen LogP contribution in [-0.4, -0.2) is 37.2 Å². The van der Waals surface area contributed by atoms with Crippen LogP contribution in [0.25, 0.3) is 0 Å². The third-order valence-corrected chi connectivity index (χ3v) is 9.71. The number of rotatable bonds is 40. The molecule has 0 heterocycles. The van der Waals surface area contributed by atoms with Crippen LogP contribution in [0.5, 0.6) is 0 Å². The minimum absolute atomic E-state index is 0.0734. The first kappa shape index (κ1) is 49.9. The molecule has 0 aromatic carbocycles. The summed E-state index contributed by atoms with van der Waals surface area (Å²) >= 11 is 0. The number of allylic oxidation sites excluding steroid dienone is 4. The first-order valence-corrected chi connectivity index (χ1v) is 22.3. The SMILES string of the molecule is CCCC/C=C\C/C=C\CCCCCCCC(=O)OCC(COC(=O)CCCCCCCC)OC(=O)CCCCCCCCCCCCCCCC. The Morgan fingerprint density at radius 1 is 0.385 bits per heavy atom. The van der Waals surface area contributed by atoms with Gasteiger partial charge >= 0.3 is 17.9 Å². The van der Waals surface area contributed by atoms with Gasteiger partial charge in [0.05, 0.1) is 0 Å². The van der Waals surface area contributed by atoms with Crippen molar-refractivity contribution in [3.05, 3.63) is 24.3 Å². The van der Waals surface area contributed by atoms with Crippen LogP contribution in [0.15, 0.2) is 24.3 Å². The van der Waals surface area contributed by atoms with Crippen molar-refractivity contribution in [1.29, 1.82) is 0 Å². The summed E-state index contributed by atoms with van der Waals surface area (Å²) in [6, 6.07) is 0. The Labute approximate surface area is 322 Å². The maximum absolute atomic E-state index is 12.7. The largest absolute Gasteiger partial charge is 0.462 e. The molecule has 1 unspecified atom stereocenters. The Bertz CT molecular complexity index is 850. The molecule has 6 nitrogen and oxygen atoms in total. The van der Waals surface area contributed by atoms with Gasteiger partial charge in [0.25, 0.3) is 0 Å². The number of carbonyl (C=O) groups excluding carboxylic acids is 3. The van der Waals surface area contributed by atoms with E-state index in [2.05, 4.69) is 45.1 Å². The summed E-state index contributed by atoms with van der Waals surface area (Å²) in [5.74, 6) is -0.892. The first-order valence-electron chi connectivity index (χ1n) is 22.3. The molecule has 0 amide bonds. The van der Waals surface area contributed by atoms with Gasteiger partial charge in [-0.15, -0.1) is 0 Å². The minimum atomic E-state index is -0.767. The van der Waals surface area contributed by atoms with E-state index in [9.17, 15) is 14.4 Å². The standard InChI is InChI=1S/C46H84O6/c1-4-7-10-13-16-18-20-22-24-26-28-30-33-36-39-45(48)51-42-43(41-50-44(47)38-35-32-15-12-9-6-3)52-46(49)40-37-34-31-29-27-25-23-21-19-17-14-11-8-5-2/h13,16,20,22,43H,4-12,14-15,17-19,21,23-42H2,1-3H3/b16-13-,22-20-. The molecule has 0 aromatic rings. The Hall–Kier alpha value is -2.11. The van der Waals surface area contributed by atoms with Crippen LogP contribution in [-0.2, 0) is 28.6 Å². The van der Waals surface area contributed by atoms with Crippen molar-refractivity contribution in [3.63, 3.8) is 0 Å². The fourth-order valence-corrected chi connectivity index (χ4v) is 6.28. The van der Waals surface area contributed by atoms with Gasteiger partial charge in [-0.25, -0.2) is 0 Å². The second-order valence-corrected chi connectivity index (χ2v) is 15.0. The molecule has 0 spiro atoms. The van der Waals surface area contributed by atoms with Crippen molar-refractivity contribution in [2.24, 2.45) is 0 Å². The third kappa shape index (κ3) is 39.1. The van der Waals surface area contributed by atoms with Gasteiger partial charge in [-0.1, -0.05) is 193 Å². The number of hydrogen-bond acceptors (Lipinski definition) is 6. The van der Waals surface area contributed by atoms with E-state index in [1.807, 2.05) is 0 Å². The smallest absolute Gasteiger partial charge is 0.306 e. The van der Waals surface area contributed by atoms with Crippen molar-refractivity contribution in [2.75, 3.05) is 13.2 Å². The lowest BCUT2D eigenvalue weighted by Crippen LogP contribution is -2.30. The zero-order valence-electron chi connectivity index (χ0n) is 34.6. The van der Waals surface area contributed by atoms with Crippen LogP contribution < -0.4 is 0 Å². The van der Waals surface area contributed by atoms with Gasteiger partial charge in [0.2, 0.25) is 0 Å². The molecule has 0 rings (SSSR count). The van der Waals surface area contributed by atoms with Crippen LogP contribution in [0.1, 0.15) is 233 Å². The summed E-state index contributed by atoms with van der Waals surface area (Å²) in [4.78, 5) is 37.5. The van der Waals surface area contributed by atoms with E-state index in [0.29, 0.717) is 19.3 Å². The van der Waals surface area contributed by atoms with E-state index >= 15 is 0 Å². The molecule has 52 heavy (non-hydrogen) atoms. The predicted molar refractivity (Wildman–Crippen MR) is 219 cm³/mol.